The molecule has 0 saturated heterocycles. The summed E-state index contributed by atoms with van der Waals surface area (Å²) < 4.78 is 4.91. The van der Waals surface area contributed by atoms with Gasteiger partial charge in [0.1, 0.15) is 0 Å². The van der Waals surface area contributed by atoms with Crippen LogP contribution in [-0.4, -0.2) is 23.9 Å². The lowest BCUT2D eigenvalue weighted by Crippen LogP contribution is -2.42. The van der Waals surface area contributed by atoms with Crippen molar-refractivity contribution in [2.75, 3.05) is 6.61 Å². The Kier molecular flexibility index (Phi) is 14.4. The van der Waals surface area contributed by atoms with Gasteiger partial charge in [-0.1, -0.05) is 70.5 Å². The summed E-state index contributed by atoms with van der Waals surface area (Å²) in [7, 11) is 0. The van der Waals surface area contributed by atoms with Gasteiger partial charge in [-0.3, -0.25) is 0 Å². The van der Waals surface area contributed by atoms with Crippen LogP contribution in [0.3, 0.4) is 0 Å². The van der Waals surface area contributed by atoms with E-state index < -0.39 is 23.3 Å². The van der Waals surface area contributed by atoms with Gasteiger partial charge in [-0.2, -0.15) is 0 Å². The van der Waals surface area contributed by atoms with Gasteiger partial charge < -0.3 is 20.5 Å². The van der Waals surface area contributed by atoms with Gasteiger partial charge in [-0.15, -0.1) is 0 Å². The van der Waals surface area contributed by atoms with E-state index in [0.29, 0.717) is 12.5 Å². The molecule has 0 aliphatic rings. The molecule has 2 amide bonds. The lowest BCUT2D eigenvalue weighted by Gasteiger charge is -2.30. The summed E-state index contributed by atoms with van der Waals surface area (Å²) in [5.41, 5.74) is 1.56. The molecule has 178 valence electrons. The molecule has 0 aromatic heterocycles. The van der Waals surface area contributed by atoms with Gasteiger partial charge in [0.25, 0.3) is 0 Å². The van der Waals surface area contributed by atoms with Gasteiger partial charge in [0, 0.05) is 0 Å². The highest BCUT2D eigenvalue weighted by Crippen LogP contribution is 2.26. The summed E-state index contributed by atoms with van der Waals surface area (Å²) in [6.45, 7) is 23.7. The Bertz CT molecular complexity index is 695. The second kappa shape index (κ2) is 14.5. The Morgan fingerprint density at radius 1 is 1.03 bits per heavy atom. The molecule has 0 fully saturated rings. The number of nitrogens with one attached hydrogen (secondary N) is 2. The van der Waals surface area contributed by atoms with Crippen LogP contribution in [0.2, 0.25) is 0 Å². The first-order valence-electron chi connectivity index (χ1n) is 10.9. The molecular formula is C25H44N2O4. The highest BCUT2D eigenvalue weighted by Gasteiger charge is 2.27. The molecule has 0 saturated carbocycles. The average Bonchev–Trinajstić information content (AvgIpc) is 2.61. The fraction of sp³-hybridized carbons (Fsp3) is 0.600. The SMILES string of the molecule is C=C(C)C(C)C.CCC.CCOC(=O)NC(C)(C)c1cccc(C(C)(C)NC(=O)O)c1. The third-order valence-electron chi connectivity index (χ3n) is 4.40. The number of rotatable bonds is 6. The van der Waals surface area contributed by atoms with Crippen molar-refractivity contribution in [1.29, 1.82) is 0 Å². The first kappa shape index (κ1) is 30.7. The molecule has 0 heterocycles. The van der Waals surface area contributed by atoms with Gasteiger partial charge in [0.05, 0.1) is 17.7 Å². The maximum absolute atomic E-state index is 11.6. The molecule has 6 nitrogen and oxygen atoms in total. The number of amides is 2. The Labute approximate surface area is 189 Å². The number of ether oxygens (including phenoxy) is 1. The summed E-state index contributed by atoms with van der Waals surface area (Å²) in [6.07, 6.45) is -0.319. The highest BCUT2D eigenvalue weighted by molar-refractivity contribution is 5.68. The van der Waals surface area contributed by atoms with E-state index in [1.54, 1.807) is 20.8 Å². The number of carbonyl (C=O) groups excluding carboxylic acids is 1. The van der Waals surface area contributed by atoms with E-state index in [9.17, 15) is 9.59 Å². The Morgan fingerprint density at radius 3 is 1.74 bits per heavy atom. The van der Waals surface area contributed by atoms with Crippen molar-refractivity contribution >= 4 is 12.2 Å². The highest BCUT2D eigenvalue weighted by atomic mass is 16.5. The molecule has 1 aromatic rings. The fourth-order valence-electron chi connectivity index (χ4n) is 2.13. The van der Waals surface area contributed by atoms with Crippen LogP contribution in [-0.2, 0) is 15.8 Å². The molecule has 31 heavy (non-hydrogen) atoms. The van der Waals surface area contributed by atoms with Crippen LogP contribution in [0.25, 0.3) is 0 Å². The number of carbonyl (C=O) groups is 2. The largest absolute Gasteiger partial charge is 0.465 e. The quantitative estimate of drug-likeness (QED) is 0.428. The number of allylic oxidation sites excluding steroid dienone is 1. The van der Waals surface area contributed by atoms with Crippen LogP contribution in [0.5, 0.6) is 0 Å². The zero-order valence-corrected chi connectivity index (χ0v) is 21.2. The van der Waals surface area contributed by atoms with Gasteiger partial charge in [-0.25, -0.2) is 9.59 Å². The molecule has 0 bridgehead atoms. The maximum Gasteiger partial charge on any atom is 0.407 e. The first-order chi connectivity index (χ1) is 14.1. The van der Waals surface area contributed by atoms with E-state index in [1.165, 1.54) is 12.0 Å². The molecule has 6 heteroatoms. The lowest BCUT2D eigenvalue weighted by molar-refractivity contribution is 0.141. The van der Waals surface area contributed by atoms with Crippen LogP contribution in [0, 0.1) is 5.92 Å². The molecule has 0 radical (unpaired) electrons. The van der Waals surface area contributed by atoms with E-state index in [2.05, 4.69) is 44.9 Å². The molecule has 0 aliphatic carbocycles. The van der Waals surface area contributed by atoms with Gasteiger partial charge in [0.15, 0.2) is 0 Å². The Morgan fingerprint density at radius 2 is 1.42 bits per heavy atom. The second-order valence-corrected chi connectivity index (χ2v) is 8.81. The van der Waals surface area contributed by atoms with Crippen LogP contribution >= 0.6 is 0 Å². The van der Waals surface area contributed by atoms with E-state index >= 15 is 0 Å². The number of benzene rings is 1. The van der Waals surface area contributed by atoms with Crippen molar-refractivity contribution in [3.05, 3.63) is 47.5 Å². The summed E-state index contributed by atoms with van der Waals surface area (Å²) in [5.74, 6) is 0.657. The molecular weight excluding hydrogens is 392 g/mol. The molecule has 1 rings (SSSR count). The Hall–Kier alpha value is -2.50. The smallest absolute Gasteiger partial charge is 0.407 e. The molecule has 0 atom stereocenters. The van der Waals surface area contributed by atoms with E-state index in [1.807, 2.05) is 45.0 Å². The number of hydrogen-bond donors (Lipinski definition) is 3. The third-order valence-corrected chi connectivity index (χ3v) is 4.40. The number of hydrogen-bond acceptors (Lipinski definition) is 3. The summed E-state index contributed by atoms with van der Waals surface area (Å²) in [5, 5.41) is 14.2. The summed E-state index contributed by atoms with van der Waals surface area (Å²) in [6, 6.07) is 7.44. The normalized spacial score (nSPS) is 10.7. The van der Waals surface area contributed by atoms with Crippen molar-refractivity contribution in [1.82, 2.24) is 10.6 Å². The predicted molar refractivity (Wildman–Crippen MR) is 129 cm³/mol. The minimum absolute atomic E-state index is 0.303. The minimum atomic E-state index is -1.08. The first-order valence-corrected chi connectivity index (χ1v) is 10.9. The molecule has 3 N–H and O–H groups in total. The van der Waals surface area contributed by atoms with Crippen molar-refractivity contribution in [3.63, 3.8) is 0 Å². The van der Waals surface area contributed by atoms with Crippen LogP contribution in [0.1, 0.15) is 86.8 Å². The third kappa shape index (κ3) is 13.4. The molecule has 0 aliphatic heterocycles. The zero-order valence-electron chi connectivity index (χ0n) is 21.2. The molecule has 1 aromatic carbocycles. The van der Waals surface area contributed by atoms with Crippen LogP contribution < -0.4 is 10.6 Å². The standard InChI is InChI=1S/C16H24N2O4.C6H12.C3H8/c1-6-22-14(21)18-16(4,5)12-9-7-8-11(10-12)15(2,3)17-13(19)20;1-5(2)6(3)4;1-3-2/h7-10,17H,6H2,1-5H3,(H,18,21)(H,19,20);6H,1H2,2-4H3;3H2,1-2H3. The zero-order chi connectivity index (χ0) is 24.8. The molecule has 0 unspecified atom stereocenters. The van der Waals surface area contributed by atoms with E-state index in [-0.39, 0.29) is 0 Å². The van der Waals surface area contributed by atoms with Gasteiger partial charge in [0.2, 0.25) is 0 Å². The maximum atomic E-state index is 11.6. The monoisotopic (exact) mass is 436 g/mol. The topological polar surface area (TPSA) is 87.7 Å². The fourth-order valence-corrected chi connectivity index (χ4v) is 2.13. The minimum Gasteiger partial charge on any atom is -0.465 e. The van der Waals surface area contributed by atoms with Crippen molar-refractivity contribution in [2.45, 2.75) is 86.7 Å². The Balaban J connectivity index is 0. The number of alkyl carbamates (subject to hydrolysis) is 1. The van der Waals surface area contributed by atoms with Gasteiger partial charge >= 0.3 is 12.2 Å². The summed E-state index contributed by atoms with van der Waals surface area (Å²) in [4.78, 5) is 22.5. The average molecular weight is 437 g/mol. The van der Waals surface area contributed by atoms with Crippen LogP contribution in [0.4, 0.5) is 9.59 Å². The van der Waals surface area contributed by atoms with Crippen molar-refractivity contribution < 1.29 is 19.4 Å². The summed E-state index contributed by atoms with van der Waals surface area (Å²) >= 11 is 0. The van der Waals surface area contributed by atoms with E-state index in [4.69, 9.17) is 9.84 Å². The van der Waals surface area contributed by atoms with Crippen LogP contribution in [0.15, 0.2) is 36.4 Å². The van der Waals surface area contributed by atoms with Crippen molar-refractivity contribution in [2.24, 2.45) is 5.92 Å². The van der Waals surface area contributed by atoms with Crippen molar-refractivity contribution in [3.8, 4) is 0 Å². The van der Waals surface area contributed by atoms with E-state index in [0.717, 1.165) is 11.1 Å². The second-order valence-electron chi connectivity index (χ2n) is 8.81. The predicted octanol–water partition coefficient (Wildman–Crippen LogP) is 6.81. The number of carboxylic acid groups (broad SMARTS) is 1. The van der Waals surface area contributed by atoms with Gasteiger partial charge in [-0.05, 0) is 58.6 Å². The molecule has 0 spiro atoms. The lowest BCUT2D eigenvalue weighted by atomic mass is 9.87.